The fraction of sp³-hybridized carbons (Fsp3) is 0.667. The van der Waals surface area contributed by atoms with Crippen molar-refractivity contribution >= 4 is 59.0 Å². The van der Waals surface area contributed by atoms with Crippen LogP contribution in [0.1, 0.15) is 32.6 Å². The molecule has 0 saturated carbocycles. The Morgan fingerprint density at radius 3 is 2.79 bits per heavy atom. The van der Waals surface area contributed by atoms with Crippen molar-refractivity contribution in [3.05, 3.63) is 29.3 Å². The van der Waals surface area contributed by atoms with E-state index in [1.54, 1.807) is 0 Å². The number of rotatable bonds is 6. The highest BCUT2D eigenvalue weighted by atomic mass is 127. The van der Waals surface area contributed by atoms with E-state index in [0.717, 1.165) is 81.7 Å². The first-order valence-electron chi connectivity index (χ1n) is 10.3. The molecule has 164 valence electrons. The van der Waals surface area contributed by atoms with Gasteiger partial charge in [0, 0.05) is 43.6 Å². The number of piperidine rings is 1. The molecule has 2 aliphatic rings. The van der Waals surface area contributed by atoms with Gasteiger partial charge in [-0.05, 0) is 51.0 Å². The van der Waals surface area contributed by atoms with E-state index in [4.69, 9.17) is 21.3 Å². The summed E-state index contributed by atoms with van der Waals surface area (Å²) in [5.74, 6) is 0.924. The molecule has 0 radical (unpaired) electrons. The summed E-state index contributed by atoms with van der Waals surface area (Å²) in [5, 5.41) is 7.93. The number of nitrogens with zero attached hydrogens (tertiary/aromatic N) is 2. The molecule has 0 aromatic heterocycles. The first kappa shape index (κ1) is 24.9. The van der Waals surface area contributed by atoms with E-state index >= 15 is 0 Å². The first-order valence-corrected chi connectivity index (χ1v) is 11.9. The number of ether oxygens (including phenoxy) is 1. The fourth-order valence-corrected chi connectivity index (χ4v) is 4.95. The zero-order chi connectivity index (χ0) is 19.8. The lowest BCUT2D eigenvalue weighted by Crippen LogP contribution is -2.51. The Bertz CT molecular complexity index is 657. The van der Waals surface area contributed by atoms with Crippen LogP contribution < -0.4 is 15.5 Å². The second-order valence-electron chi connectivity index (χ2n) is 7.58. The molecule has 0 aliphatic carbocycles. The summed E-state index contributed by atoms with van der Waals surface area (Å²) >= 11 is 8.35. The Morgan fingerprint density at radius 1 is 1.34 bits per heavy atom. The number of hydrogen-bond acceptors (Lipinski definition) is 4. The Morgan fingerprint density at radius 2 is 2.10 bits per heavy atom. The lowest BCUT2D eigenvalue weighted by atomic mass is 9.99. The Kier molecular flexibility index (Phi) is 10.7. The Balaban J connectivity index is 0.00000300. The summed E-state index contributed by atoms with van der Waals surface area (Å²) in [4.78, 5) is 7.35. The van der Waals surface area contributed by atoms with Crippen molar-refractivity contribution in [2.24, 2.45) is 4.99 Å². The van der Waals surface area contributed by atoms with Gasteiger partial charge >= 0.3 is 0 Å². The van der Waals surface area contributed by atoms with Gasteiger partial charge in [0.15, 0.2) is 5.96 Å². The number of nitrogens with one attached hydrogen (secondary N) is 2. The molecule has 2 fully saturated rings. The molecular formula is C21H34ClIN4OS. The van der Waals surface area contributed by atoms with Crippen LogP contribution in [0, 0.1) is 0 Å². The van der Waals surface area contributed by atoms with Gasteiger partial charge in [-0.25, -0.2) is 0 Å². The summed E-state index contributed by atoms with van der Waals surface area (Å²) in [6.45, 7) is 7.48. The molecule has 0 bridgehead atoms. The number of thioether (sulfide) groups is 1. The number of hydrogen-bond donors (Lipinski definition) is 2. The highest BCUT2D eigenvalue weighted by Crippen LogP contribution is 2.34. The predicted molar refractivity (Wildman–Crippen MR) is 138 cm³/mol. The average molecular weight is 553 g/mol. The molecule has 1 aromatic carbocycles. The Labute approximate surface area is 201 Å². The monoisotopic (exact) mass is 552 g/mol. The quantitative estimate of drug-likeness (QED) is 0.311. The van der Waals surface area contributed by atoms with Crippen molar-refractivity contribution in [1.82, 2.24) is 10.6 Å². The van der Waals surface area contributed by atoms with Crippen molar-refractivity contribution in [2.45, 2.75) is 43.4 Å². The van der Waals surface area contributed by atoms with Gasteiger partial charge < -0.3 is 20.3 Å². The van der Waals surface area contributed by atoms with Crippen LogP contribution in [-0.4, -0.2) is 62.4 Å². The zero-order valence-electron chi connectivity index (χ0n) is 17.5. The van der Waals surface area contributed by atoms with Crippen LogP contribution in [0.25, 0.3) is 0 Å². The van der Waals surface area contributed by atoms with Crippen LogP contribution in [0.15, 0.2) is 29.3 Å². The molecule has 8 heteroatoms. The topological polar surface area (TPSA) is 48.9 Å². The van der Waals surface area contributed by atoms with Crippen molar-refractivity contribution < 1.29 is 4.74 Å². The van der Waals surface area contributed by atoms with Gasteiger partial charge in [0.2, 0.25) is 0 Å². The van der Waals surface area contributed by atoms with Gasteiger partial charge in [-0.1, -0.05) is 23.7 Å². The molecule has 2 aliphatic heterocycles. The van der Waals surface area contributed by atoms with E-state index in [2.05, 4.69) is 40.8 Å². The third-order valence-corrected chi connectivity index (χ3v) is 7.38. The minimum Gasteiger partial charge on any atom is -0.381 e. The van der Waals surface area contributed by atoms with Crippen molar-refractivity contribution in [3.8, 4) is 0 Å². The predicted octanol–water partition coefficient (Wildman–Crippen LogP) is 4.39. The number of guanidine groups is 1. The summed E-state index contributed by atoms with van der Waals surface area (Å²) in [6.07, 6.45) is 6.63. The highest BCUT2D eigenvalue weighted by Gasteiger charge is 2.32. The molecule has 29 heavy (non-hydrogen) atoms. The van der Waals surface area contributed by atoms with E-state index in [1.165, 1.54) is 0 Å². The molecule has 3 rings (SSSR count). The molecule has 0 spiro atoms. The molecule has 0 amide bonds. The van der Waals surface area contributed by atoms with E-state index in [1.807, 2.05) is 23.9 Å². The van der Waals surface area contributed by atoms with Gasteiger partial charge in [-0.15, -0.1) is 24.0 Å². The van der Waals surface area contributed by atoms with Crippen LogP contribution in [0.5, 0.6) is 0 Å². The van der Waals surface area contributed by atoms with E-state index in [9.17, 15) is 0 Å². The molecule has 1 aromatic rings. The summed E-state index contributed by atoms with van der Waals surface area (Å²) in [7, 11) is 0. The van der Waals surface area contributed by atoms with Gasteiger partial charge in [0.1, 0.15) is 0 Å². The van der Waals surface area contributed by atoms with Gasteiger partial charge in [0.05, 0.1) is 17.3 Å². The van der Waals surface area contributed by atoms with E-state index in [-0.39, 0.29) is 28.7 Å². The van der Waals surface area contributed by atoms with Crippen molar-refractivity contribution in [1.29, 1.82) is 0 Å². The largest absolute Gasteiger partial charge is 0.381 e. The Hall–Kier alpha value is -0.380. The minimum absolute atomic E-state index is 0. The van der Waals surface area contributed by atoms with Gasteiger partial charge in [-0.2, -0.15) is 11.8 Å². The van der Waals surface area contributed by atoms with Crippen LogP contribution in [0.4, 0.5) is 5.69 Å². The van der Waals surface area contributed by atoms with Crippen LogP contribution in [0.3, 0.4) is 0 Å². The number of anilines is 1. The maximum atomic E-state index is 6.42. The molecule has 2 saturated heterocycles. The van der Waals surface area contributed by atoms with Crippen LogP contribution >= 0.6 is 47.3 Å². The average Bonchev–Trinajstić information content (AvgIpc) is 2.73. The van der Waals surface area contributed by atoms with Crippen LogP contribution in [0.2, 0.25) is 5.02 Å². The molecule has 1 unspecified atom stereocenters. The maximum Gasteiger partial charge on any atom is 0.191 e. The summed E-state index contributed by atoms with van der Waals surface area (Å²) in [6, 6.07) is 8.48. The third-order valence-electron chi connectivity index (χ3n) is 5.66. The third kappa shape index (κ3) is 7.08. The second kappa shape index (κ2) is 12.5. The lowest BCUT2D eigenvalue weighted by Gasteiger charge is -2.36. The fourth-order valence-electron chi connectivity index (χ4n) is 3.93. The minimum atomic E-state index is 0. The van der Waals surface area contributed by atoms with E-state index in [0.29, 0.717) is 6.04 Å². The van der Waals surface area contributed by atoms with Gasteiger partial charge in [-0.3, -0.25) is 4.99 Å². The zero-order valence-corrected chi connectivity index (χ0v) is 21.4. The van der Waals surface area contributed by atoms with E-state index < -0.39 is 0 Å². The lowest BCUT2D eigenvalue weighted by molar-refractivity contribution is 0.0794. The molecule has 1 atom stereocenters. The maximum absolute atomic E-state index is 6.42. The van der Waals surface area contributed by atoms with Crippen molar-refractivity contribution in [2.75, 3.05) is 50.5 Å². The highest BCUT2D eigenvalue weighted by molar-refractivity contribution is 14.0. The number of para-hydroxylation sites is 1. The number of aliphatic imine (C=N–C) groups is 1. The summed E-state index contributed by atoms with van der Waals surface area (Å²) < 4.78 is 5.76. The smallest absolute Gasteiger partial charge is 0.191 e. The SMILES string of the molecule is CCNC(=NCC1(SC)CCOCC1)NC1CCCN(c2ccccc2Cl)C1.I. The molecule has 2 N–H and O–H groups in total. The summed E-state index contributed by atoms with van der Waals surface area (Å²) in [5.41, 5.74) is 1.13. The second-order valence-corrected chi connectivity index (χ2v) is 9.26. The first-order chi connectivity index (χ1) is 13.7. The van der Waals surface area contributed by atoms with Crippen LogP contribution in [-0.2, 0) is 4.74 Å². The van der Waals surface area contributed by atoms with Gasteiger partial charge in [0.25, 0.3) is 0 Å². The molecular weight excluding hydrogens is 519 g/mol. The van der Waals surface area contributed by atoms with Crippen molar-refractivity contribution in [3.63, 3.8) is 0 Å². The number of halogens is 2. The normalized spacial score (nSPS) is 22.0. The molecule has 5 nitrogen and oxygen atoms in total. The standard InChI is InChI=1S/C21H33ClN4OS.HI/c1-3-23-20(24-16-21(28-2)10-13-27-14-11-21)25-17-7-6-12-26(15-17)19-9-5-4-8-18(19)22;/h4-5,8-9,17H,3,6-7,10-16H2,1-2H3,(H2,23,24,25);1H. The number of benzene rings is 1. The molecule has 2 heterocycles.